The lowest BCUT2D eigenvalue weighted by Gasteiger charge is -2.26. The third kappa shape index (κ3) is 3.81. The van der Waals surface area contributed by atoms with Gasteiger partial charge in [0.05, 0.1) is 11.0 Å². The van der Waals surface area contributed by atoms with Crippen molar-refractivity contribution in [3.8, 4) is 0 Å². The highest BCUT2D eigenvalue weighted by Gasteiger charge is 2.24. The molecule has 0 unspecified atom stereocenters. The largest absolute Gasteiger partial charge is 0.393 e. The smallest absolute Gasteiger partial charge is 0.240 e. The van der Waals surface area contributed by atoms with Gasteiger partial charge in [0, 0.05) is 6.04 Å². The topological polar surface area (TPSA) is 66.4 Å². The predicted octanol–water partition coefficient (Wildman–Crippen LogP) is 2.39. The highest BCUT2D eigenvalue weighted by molar-refractivity contribution is 7.89. The molecule has 2 N–H and O–H groups in total. The van der Waals surface area contributed by atoms with Gasteiger partial charge in [-0.15, -0.1) is 0 Å². The van der Waals surface area contributed by atoms with Crippen molar-refractivity contribution in [1.29, 1.82) is 0 Å². The maximum atomic E-state index is 12.3. The second kappa shape index (κ2) is 6.24. The first-order valence-electron chi connectivity index (χ1n) is 7.19. The molecular weight excluding hydrogens is 274 g/mol. The second-order valence-electron chi connectivity index (χ2n) is 5.85. The minimum absolute atomic E-state index is 0.0619. The summed E-state index contributed by atoms with van der Waals surface area (Å²) in [6.07, 6.45) is 2.45. The van der Waals surface area contributed by atoms with Crippen molar-refractivity contribution in [2.45, 2.75) is 62.5 Å². The van der Waals surface area contributed by atoms with Crippen LogP contribution in [0.15, 0.2) is 29.2 Å². The Bertz CT molecular complexity index is 529. The molecule has 0 amide bonds. The highest BCUT2D eigenvalue weighted by Crippen LogP contribution is 2.21. The second-order valence-corrected chi connectivity index (χ2v) is 7.56. The van der Waals surface area contributed by atoms with Crippen LogP contribution in [0.5, 0.6) is 0 Å². The molecular formula is C15H23NO3S. The fourth-order valence-corrected chi connectivity index (χ4v) is 3.82. The average Bonchev–Trinajstić information content (AvgIpc) is 2.41. The molecule has 5 heteroatoms. The Kier molecular flexibility index (Phi) is 4.83. The Morgan fingerprint density at radius 1 is 1.10 bits per heavy atom. The maximum absolute atomic E-state index is 12.3. The van der Waals surface area contributed by atoms with E-state index in [2.05, 4.69) is 18.6 Å². The summed E-state index contributed by atoms with van der Waals surface area (Å²) in [4.78, 5) is 0.313. The van der Waals surface area contributed by atoms with Gasteiger partial charge in [0.2, 0.25) is 10.0 Å². The van der Waals surface area contributed by atoms with E-state index in [0.29, 0.717) is 36.5 Å². The number of sulfonamides is 1. The fourth-order valence-electron chi connectivity index (χ4n) is 2.51. The molecule has 2 rings (SSSR count). The van der Waals surface area contributed by atoms with Crippen LogP contribution < -0.4 is 4.72 Å². The van der Waals surface area contributed by atoms with Gasteiger partial charge in [-0.3, -0.25) is 0 Å². The Morgan fingerprint density at radius 2 is 1.65 bits per heavy atom. The van der Waals surface area contributed by atoms with Gasteiger partial charge in [0.15, 0.2) is 0 Å². The van der Waals surface area contributed by atoms with E-state index in [1.54, 1.807) is 12.1 Å². The minimum atomic E-state index is -3.45. The summed E-state index contributed by atoms with van der Waals surface area (Å²) in [6.45, 7) is 4.16. The molecule has 4 nitrogen and oxygen atoms in total. The molecule has 1 aliphatic carbocycles. The monoisotopic (exact) mass is 297 g/mol. The van der Waals surface area contributed by atoms with Gasteiger partial charge in [-0.1, -0.05) is 26.0 Å². The van der Waals surface area contributed by atoms with Gasteiger partial charge in [0.1, 0.15) is 0 Å². The third-order valence-electron chi connectivity index (χ3n) is 3.88. The Hall–Kier alpha value is -0.910. The first kappa shape index (κ1) is 15.5. The number of rotatable bonds is 4. The van der Waals surface area contributed by atoms with E-state index < -0.39 is 10.0 Å². The van der Waals surface area contributed by atoms with Crippen LogP contribution in [-0.2, 0) is 10.0 Å². The molecule has 0 aromatic heterocycles. The van der Waals surface area contributed by atoms with Crippen LogP contribution in [-0.4, -0.2) is 25.7 Å². The summed E-state index contributed by atoms with van der Waals surface area (Å²) >= 11 is 0. The molecule has 112 valence electrons. The number of benzene rings is 1. The van der Waals surface area contributed by atoms with E-state index in [4.69, 9.17) is 0 Å². The SMILES string of the molecule is CC(C)c1ccc(S(=O)(=O)NC2CCC(O)CC2)cc1. The van der Waals surface area contributed by atoms with E-state index in [-0.39, 0.29) is 12.1 Å². The number of nitrogens with one attached hydrogen (secondary N) is 1. The van der Waals surface area contributed by atoms with Gasteiger partial charge in [-0.2, -0.15) is 0 Å². The van der Waals surface area contributed by atoms with Gasteiger partial charge >= 0.3 is 0 Å². The van der Waals surface area contributed by atoms with Crippen molar-refractivity contribution < 1.29 is 13.5 Å². The van der Waals surface area contributed by atoms with E-state index in [1.165, 1.54) is 0 Å². The van der Waals surface area contributed by atoms with Crippen LogP contribution in [0.1, 0.15) is 51.0 Å². The maximum Gasteiger partial charge on any atom is 0.240 e. The van der Waals surface area contributed by atoms with Crippen molar-refractivity contribution >= 4 is 10.0 Å². The van der Waals surface area contributed by atoms with Crippen LogP contribution in [0, 0.1) is 0 Å². The molecule has 0 aliphatic heterocycles. The zero-order valence-corrected chi connectivity index (χ0v) is 12.9. The first-order valence-corrected chi connectivity index (χ1v) is 8.67. The van der Waals surface area contributed by atoms with Gasteiger partial charge < -0.3 is 5.11 Å². The normalized spacial score (nSPS) is 24.0. The van der Waals surface area contributed by atoms with E-state index in [9.17, 15) is 13.5 Å². The molecule has 20 heavy (non-hydrogen) atoms. The van der Waals surface area contributed by atoms with Gasteiger partial charge in [0.25, 0.3) is 0 Å². The van der Waals surface area contributed by atoms with Crippen LogP contribution in [0.25, 0.3) is 0 Å². The zero-order valence-electron chi connectivity index (χ0n) is 12.0. The average molecular weight is 297 g/mol. The quantitative estimate of drug-likeness (QED) is 0.897. The molecule has 0 radical (unpaired) electrons. The predicted molar refractivity (Wildman–Crippen MR) is 79.1 cm³/mol. The molecule has 1 fully saturated rings. The van der Waals surface area contributed by atoms with Crippen LogP contribution in [0.3, 0.4) is 0 Å². The zero-order chi connectivity index (χ0) is 14.8. The van der Waals surface area contributed by atoms with Crippen LogP contribution >= 0.6 is 0 Å². The molecule has 0 bridgehead atoms. The fraction of sp³-hybridized carbons (Fsp3) is 0.600. The number of aliphatic hydroxyl groups is 1. The highest BCUT2D eigenvalue weighted by atomic mass is 32.2. The summed E-state index contributed by atoms with van der Waals surface area (Å²) < 4.78 is 27.3. The van der Waals surface area contributed by atoms with E-state index in [1.807, 2.05) is 12.1 Å². The standard InChI is InChI=1S/C15H23NO3S/c1-11(2)12-3-9-15(10-4-12)20(18,19)16-13-5-7-14(17)8-6-13/h3-4,9-11,13-14,16-17H,5-8H2,1-2H3. The van der Waals surface area contributed by atoms with E-state index >= 15 is 0 Å². The Balaban J connectivity index is 2.06. The lowest BCUT2D eigenvalue weighted by atomic mass is 9.94. The molecule has 1 saturated carbocycles. The number of hydrogen-bond donors (Lipinski definition) is 2. The van der Waals surface area contributed by atoms with Crippen molar-refractivity contribution in [1.82, 2.24) is 4.72 Å². The lowest BCUT2D eigenvalue weighted by Crippen LogP contribution is -2.38. The van der Waals surface area contributed by atoms with E-state index in [0.717, 1.165) is 5.56 Å². The minimum Gasteiger partial charge on any atom is -0.393 e. The van der Waals surface area contributed by atoms with Crippen LogP contribution in [0.4, 0.5) is 0 Å². The summed E-state index contributed by atoms with van der Waals surface area (Å²) in [5.41, 5.74) is 1.13. The van der Waals surface area contributed by atoms with Crippen molar-refractivity contribution in [3.05, 3.63) is 29.8 Å². The van der Waals surface area contributed by atoms with Crippen LogP contribution in [0.2, 0.25) is 0 Å². The number of hydrogen-bond acceptors (Lipinski definition) is 3. The van der Waals surface area contributed by atoms with Gasteiger partial charge in [-0.25, -0.2) is 13.1 Å². The molecule has 1 aliphatic rings. The molecule has 0 atom stereocenters. The van der Waals surface area contributed by atoms with Crippen molar-refractivity contribution in [2.24, 2.45) is 0 Å². The summed E-state index contributed by atoms with van der Waals surface area (Å²) in [5.74, 6) is 0.388. The summed E-state index contributed by atoms with van der Waals surface area (Å²) in [6, 6.07) is 6.99. The third-order valence-corrected chi connectivity index (χ3v) is 5.41. The van der Waals surface area contributed by atoms with Gasteiger partial charge in [-0.05, 0) is 49.3 Å². The van der Waals surface area contributed by atoms with Crippen molar-refractivity contribution in [2.75, 3.05) is 0 Å². The first-order chi connectivity index (χ1) is 9.38. The Labute approximate surface area is 121 Å². The molecule has 0 spiro atoms. The Morgan fingerprint density at radius 3 is 2.15 bits per heavy atom. The molecule has 0 saturated heterocycles. The molecule has 1 aromatic rings. The molecule has 0 heterocycles. The molecule has 1 aromatic carbocycles. The number of aliphatic hydroxyl groups excluding tert-OH is 1. The summed E-state index contributed by atoms with van der Waals surface area (Å²) in [5, 5.41) is 9.45. The van der Waals surface area contributed by atoms with Crippen molar-refractivity contribution in [3.63, 3.8) is 0 Å². The lowest BCUT2D eigenvalue weighted by molar-refractivity contribution is 0.120. The summed E-state index contributed by atoms with van der Waals surface area (Å²) in [7, 11) is -3.45.